The largest absolute Gasteiger partial charge is 0.465 e. The second-order valence-corrected chi connectivity index (χ2v) is 5.82. The lowest BCUT2D eigenvalue weighted by atomic mass is 10.2. The van der Waals surface area contributed by atoms with Crippen molar-refractivity contribution in [3.63, 3.8) is 0 Å². The Morgan fingerprint density at radius 2 is 2.21 bits per heavy atom. The van der Waals surface area contributed by atoms with Gasteiger partial charge in [0.25, 0.3) is 5.56 Å². The number of methoxy groups -OCH3 is 1. The highest BCUT2D eigenvalue weighted by molar-refractivity contribution is 7.21. The Balaban J connectivity index is 2.33. The molecule has 0 aromatic carbocycles. The summed E-state index contributed by atoms with van der Waals surface area (Å²) in [5.74, 6) is -0.492. The molecule has 5 nitrogen and oxygen atoms in total. The molecule has 0 bridgehead atoms. The first kappa shape index (κ1) is 12.2. The van der Waals surface area contributed by atoms with Crippen LogP contribution in [0, 0.1) is 6.92 Å². The van der Waals surface area contributed by atoms with E-state index in [1.165, 1.54) is 18.4 Å². The molecule has 1 aliphatic carbocycles. The molecule has 1 saturated carbocycles. The molecule has 3 rings (SSSR count). The third-order valence-electron chi connectivity index (χ3n) is 3.41. The number of aromatic nitrogens is 1. The quantitative estimate of drug-likeness (QED) is 0.853. The molecule has 1 fully saturated rings. The van der Waals surface area contributed by atoms with Crippen molar-refractivity contribution in [1.29, 1.82) is 0 Å². The molecule has 19 heavy (non-hydrogen) atoms. The molecule has 2 N–H and O–H groups in total. The van der Waals surface area contributed by atoms with E-state index in [4.69, 9.17) is 5.73 Å². The Morgan fingerprint density at radius 3 is 2.79 bits per heavy atom. The minimum atomic E-state index is -0.492. The van der Waals surface area contributed by atoms with E-state index < -0.39 is 5.97 Å². The highest BCUT2D eigenvalue weighted by atomic mass is 32.1. The normalized spacial score (nSPS) is 14.8. The molecule has 0 aliphatic heterocycles. The molecule has 0 spiro atoms. The molecule has 0 atom stereocenters. The molecular formula is C13H14N2O3S. The Bertz CT molecular complexity index is 740. The zero-order valence-electron chi connectivity index (χ0n) is 10.7. The summed E-state index contributed by atoms with van der Waals surface area (Å²) in [7, 11) is 1.31. The molecule has 0 unspecified atom stereocenters. The molecule has 6 heteroatoms. The fourth-order valence-corrected chi connectivity index (χ4v) is 3.48. The number of esters is 1. The third-order valence-corrected chi connectivity index (χ3v) is 4.54. The lowest BCUT2D eigenvalue weighted by molar-refractivity contribution is 0.0607. The van der Waals surface area contributed by atoms with Crippen molar-refractivity contribution in [3.05, 3.63) is 27.0 Å². The second kappa shape index (κ2) is 4.09. The van der Waals surface area contributed by atoms with E-state index in [1.54, 1.807) is 4.57 Å². The van der Waals surface area contributed by atoms with Crippen LogP contribution in [-0.2, 0) is 4.74 Å². The summed E-state index contributed by atoms with van der Waals surface area (Å²) in [5.41, 5.74) is 7.01. The lowest BCUT2D eigenvalue weighted by Crippen LogP contribution is -2.21. The summed E-state index contributed by atoms with van der Waals surface area (Å²) in [4.78, 5) is 24.5. The van der Waals surface area contributed by atoms with Crippen LogP contribution in [0.2, 0.25) is 0 Å². The van der Waals surface area contributed by atoms with Gasteiger partial charge in [-0.1, -0.05) is 0 Å². The minimum Gasteiger partial charge on any atom is -0.465 e. The number of hydrogen-bond donors (Lipinski definition) is 1. The number of aryl methyl sites for hydroxylation is 1. The molecular weight excluding hydrogens is 264 g/mol. The maximum Gasteiger partial charge on any atom is 0.350 e. The van der Waals surface area contributed by atoms with Crippen molar-refractivity contribution < 1.29 is 9.53 Å². The van der Waals surface area contributed by atoms with Gasteiger partial charge in [-0.15, -0.1) is 11.3 Å². The number of pyridine rings is 1. The Morgan fingerprint density at radius 1 is 1.53 bits per heavy atom. The van der Waals surface area contributed by atoms with Gasteiger partial charge in [-0.25, -0.2) is 4.79 Å². The van der Waals surface area contributed by atoms with Crippen LogP contribution < -0.4 is 11.3 Å². The Hall–Kier alpha value is -1.82. The monoisotopic (exact) mass is 278 g/mol. The summed E-state index contributed by atoms with van der Waals surface area (Å²) in [6.07, 6.45) is 2.06. The molecule has 0 saturated heterocycles. The van der Waals surface area contributed by atoms with Crippen LogP contribution >= 0.6 is 11.3 Å². The maximum atomic E-state index is 12.5. The fourth-order valence-electron chi connectivity index (χ4n) is 2.36. The van der Waals surface area contributed by atoms with Gasteiger partial charge in [-0.3, -0.25) is 4.79 Å². The van der Waals surface area contributed by atoms with Gasteiger partial charge >= 0.3 is 5.97 Å². The van der Waals surface area contributed by atoms with Crippen LogP contribution in [0.25, 0.3) is 10.1 Å². The van der Waals surface area contributed by atoms with Gasteiger partial charge in [0.05, 0.1) is 18.2 Å². The van der Waals surface area contributed by atoms with Gasteiger partial charge in [-0.2, -0.15) is 0 Å². The summed E-state index contributed by atoms with van der Waals surface area (Å²) in [5, 5.41) is 0.447. The smallest absolute Gasteiger partial charge is 0.350 e. The molecule has 1 aliphatic rings. The van der Waals surface area contributed by atoms with E-state index in [0.29, 0.717) is 10.3 Å². The first-order valence-electron chi connectivity index (χ1n) is 6.07. The standard InChI is InChI=1S/C13H14N2O3S/c1-6-5-8-9(12(16)15(6)7-3-4-7)10(14)11(19-8)13(17)18-2/h5,7H,3-4,14H2,1-2H3. The van der Waals surface area contributed by atoms with Crippen molar-refractivity contribution in [2.24, 2.45) is 0 Å². The van der Waals surface area contributed by atoms with Crippen LogP contribution in [0.3, 0.4) is 0 Å². The van der Waals surface area contributed by atoms with Crippen molar-refractivity contribution in [3.8, 4) is 0 Å². The Labute approximate surface area is 113 Å². The summed E-state index contributed by atoms with van der Waals surface area (Å²) >= 11 is 1.21. The summed E-state index contributed by atoms with van der Waals surface area (Å²) < 4.78 is 7.22. The van der Waals surface area contributed by atoms with Gasteiger partial charge in [0, 0.05) is 16.4 Å². The number of nitrogen functional groups attached to an aromatic ring is 1. The van der Waals surface area contributed by atoms with E-state index in [-0.39, 0.29) is 17.3 Å². The number of anilines is 1. The van der Waals surface area contributed by atoms with E-state index in [2.05, 4.69) is 4.74 Å². The average Bonchev–Trinajstić information content (AvgIpc) is 3.13. The van der Waals surface area contributed by atoms with E-state index in [1.807, 2.05) is 13.0 Å². The second-order valence-electron chi connectivity index (χ2n) is 4.77. The zero-order chi connectivity index (χ0) is 13.7. The number of nitrogens with two attached hydrogens (primary N) is 1. The first-order valence-corrected chi connectivity index (χ1v) is 6.88. The molecule has 0 amide bonds. The number of carbonyl (C=O) groups is 1. The number of nitrogens with zero attached hydrogens (tertiary/aromatic N) is 1. The summed E-state index contributed by atoms with van der Waals surface area (Å²) in [6, 6.07) is 2.21. The van der Waals surface area contributed by atoms with Gasteiger partial charge in [0.1, 0.15) is 4.88 Å². The van der Waals surface area contributed by atoms with E-state index in [9.17, 15) is 9.59 Å². The number of ether oxygens (including phenoxy) is 1. The van der Waals surface area contributed by atoms with Gasteiger partial charge in [0.2, 0.25) is 0 Å². The third kappa shape index (κ3) is 1.74. The molecule has 2 aromatic rings. The lowest BCUT2D eigenvalue weighted by Gasteiger charge is -2.08. The predicted molar refractivity (Wildman–Crippen MR) is 74.8 cm³/mol. The molecule has 100 valence electrons. The SMILES string of the molecule is COC(=O)c1sc2cc(C)n(C3CC3)c(=O)c2c1N. The van der Waals surface area contributed by atoms with Crippen molar-refractivity contribution >= 4 is 33.1 Å². The van der Waals surface area contributed by atoms with Gasteiger partial charge < -0.3 is 15.0 Å². The topological polar surface area (TPSA) is 74.3 Å². The Kier molecular flexibility index (Phi) is 2.63. The molecule has 0 radical (unpaired) electrons. The van der Waals surface area contributed by atoms with Crippen molar-refractivity contribution in [1.82, 2.24) is 4.57 Å². The number of hydrogen-bond acceptors (Lipinski definition) is 5. The van der Waals surface area contributed by atoms with Crippen LogP contribution in [0.15, 0.2) is 10.9 Å². The number of fused-ring (bicyclic) bond motifs is 1. The van der Waals surface area contributed by atoms with E-state index >= 15 is 0 Å². The fraction of sp³-hybridized carbons (Fsp3) is 0.385. The average molecular weight is 278 g/mol. The van der Waals surface area contributed by atoms with Gasteiger partial charge in [0.15, 0.2) is 0 Å². The maximum absolute atomic E-state index is 12.5. The van der Waals surface area contributed by atoms with E-state index in [0.717, 1.165) is 23.2 Å². The van der Waals surface area contributed by atoms with Crippen LogP contribution in [0.5, 0.6) is 0 Å². The van der Waals surface area contributed by atoms with Crippen molar-refractivity contribution in [2.45, 2.75) is 25.8 Å². The number of rotatable bonds is 2. The highest BCUT2D eigenvalue weighted by Crippen LogP contribution is 2.37. The first-order chi connectivity index (χ1) is 9.04. The highest BCUT2D eigenvalue weighted by Gasteiger charge is 2.28. The van der Waals surface area contributed by atoms with Crippen LogP contribution in [0.1, 0.15) is 34.2 Å². The van der Waals surface area contributed by atoms with Gasteiger partial charge in [-0.05, 0) is 25.8 Å². The molecule has 2 aromatic heterocycles. The number of thiophene rings is 1. The van der Waals surface area contributed by atoms with Crippen LogP contribution in [-0.4, -0.2) is 17.6 Å². The zero-order valence-corrected chi connectivity index (χ0v) is 11.5. The molecule has 2 heterocycles. The summed E-state index contributed by atoms with van der Waals surface area (Å²) in [6.45, 7) is 1.91. The predicted octanol–water partition coefficient (Wildman–Crippen LogP) is 2.08. The number of carbonyl (C=O) groups excluding carboxylic acids is 1. The van der Waals surface area contributed by atoms with Crippen LogP contribution in [0.4, 0.5) is 5.69 Å². The van der Waals surface area contributed by atoms with Crippen molar-refractivity contribution in [2.75, 3.05) is 12.8 Å². The minimum absolute atomic E-state index is 0.0959.